The molecule has 2 heterocycles. The third kappa shape index (κ3) is 3.69. The van der Waals surface area contributed by atoms with Gasteiger partial charge in [-0.05, 0) is 62.0 Å². The fraction of sp³-hybridized carbons (Fsp3) is 0.235. The highest BCUT2D eigenvalue weighted by Gasteiger charge is 2.32. The molecular formula is C17H14F3NOS. The summed E-state index contributed by atoms with van der Waals surface area (Å²) >= 11 is -0.133. The maximum atomic E-state index is 12.6. The standard InChI is InChI=1S/C17H14F3NOS/c1-16(2)10-13(14-5-3-4-8-21-14)12-9-11(23-17(18,19)20)6-7-15(12)22-16/h3-10H,1-2H3. The molecule has 2 nitrogen and oxygen atoms in total. The first kappa shape index (κ1) is 15.9. The molecule has 0 fully saturated rings. The van der Waals surface area contributed by atoms with Crippen LogP contribution in [0.4, 0.5) is 13.2 Å². The predicted octanol–water partition coefficient (Wildman–Crippen LogP) is 5.30. The van der Waals surface area contributed by atoms with Crippen molar-refractivity contribution in [1.29, 1.82) is 0 Å². The van der Waals surface area contributed by atoms with Crippen molar-refractivity contribution in [3.05, 3.63) is 59.9 Å². The minimum Gasteiger partial charge on any atom is -0.483 e. The first-order valence-electron chi connectivity index (χ1n) is 6.97. The lowest BCUT2D eigenvalue weighted by atomic mass is 9.92. The van der Waals surface area contributed by atoms with Gasteiger partial charge in [0.15, 0.2) is 0 Å². The van der Waals surface area contributed by atoms with Crippen LogP contribution in [0.25, 0.3) is 5.57 Å². The lowest BCUT2D eigenvalue weighted by Gasteiger charge is -2.31. The van der Waals surface area contributed by atoms with Crippen LogP contribution in [0.3, 0.4) is 0 Å². The number of hydrogen-bond acceptors (Lipinski definition) is 3. The second kappa shape index (κ2) is 5.60. The van der Waals surface area contributed by atoms with Gasteiger partial charge >= 0.3 is 5.51 Å². The van der Waals surface area contributed by atoms with Gasteiger partial charge in [-0.1, -0.05) is 6.07 Å². The van der Waals surface area contributed by atoms with E-state index in [1.54, 1.807) is 18.3 Å². The van der Waals surface area contributed by atoms with E-state index in [4.69, 9.17) is 4.74 Å². The van der Waals surface area contributed by atoms with Crippen LogP contribution in [0.5, 0.6) is 5.75 Å². The molecule has 0 radical (unpaired) electrons. The normalized spacial score (nSPS) is 16.3. The Morgan fingerprint density at radius 2 is 1.91 bits per heavy atom. The van der Waals surface area contributed by atoms with Crippen molar-refractivity contribution in [2.45, 2.75) is 29.9 Å². The number of nitrogens with zero attached hydrogens (tertiary/aromatic N) is 1. The molecule has 0 saturated heterocycles. The number of rotatable bonds is 2. The van der Waals surface area contributed by atoms with Crippen molar-refractivity contribution in [3.8, 4) is 5.75 Å². The topological polar surface area (TPSA) is 22.1 Å². The summed E-state index contributed by atoms with van der Waals surface area (Å²) in [7, 11) is 0. The first-order valence-corrected chi connectivity index (χ1v) is 7.79. The Bertz CT molecular complexity index is 754. The van der Waals surface area contributed by atoms with Crippen LogP contribution in [0, 0.1) is 0 Å². The molecule has 1 aromatic carbocycles. The minimum absolute atomic E-state index is 0.126. The number of thioether (sulfide) groups is 1. The molecule has 0 bridgehead atoms. The molecule has 0 atom stereocenters. The van der Waals surface area contributed by atoms with E-state index in [2.05, 4.69) is 4.98 Å². The summed E-state index contributed by atoms with van der Waals surface area (Å²) in [5, 5.41) is 0. The first-order chi connectivity index (χ1) is 10.7. The zero-order valence-corrected chi connectivity index (χ0v) is 13.3. The number of alkyl halides is 3. The zero-order chi connectivity index (χ0) is 16.7. The Morgan fingerprint density at radius 3 is 2.57 bits per heavy atom. The van der Waals surface area contributed by atoms with E-state index in [0.717, 1.165) is 5.57 Å². The molecule has 2 aromatic rings. The van der Waals surface area contributed by atoms with Crippen LogP contribution in [-0.2, 0) is 0 Å². The van der Waals surface area contributed by atoms with Crippen molar-refractivity contribution in [3.63, 3.8) is 0 Å². The second-order valence-corrected chi connectivity index (χ2v) is 6.82. The lowest BCUT2D eigenvalue weighted by Crippen LogP contribution is -2.29. The number of aromatic nitrogens is 1. The summed E-state index contributed by atoms with van der Waals surface area (Å²) in [6, 6.07) is 9.99. The molecule has 0 saturated carbocycles. The van der Waals surface area contributed by atoms with E-state index in [9.17, 15) is 13.2 Å². The summed E-state index contributed by atoms with van der Waals surface area (Å²) in [6.07, 6.45) is 3.55. The third-order valence-corrected chi connectivity index (χ3v) is 4.00. The molecule has 0 aliphatic carbocycles. The van der Waals surface area contributed by atoms with E-state index in [1.807, 2.05) is 32.1 Å². The van der Waals surface area contributed by atoms with Gasteiger partial charge in [0.25, 0.3) is 0 Å². The van der Waals surface area contributed by atoms with Crippen molar-refractivity contribution in [2.75, 3.05) is 0 Å². The van der Waals surface area contributed by atoms with Gasteiger partial charge < -0.3 is 4.74 Å². The largest absolute Gasteiger partial charge is 0.483 e. The quantitative estimate of drug-likeness (QED) is 0.695. The Hall–Kier alpha value is -1.95. The molecule has 0 amide bonds. The number of halogens is 3. The monoisotopic (exact) mass is 337 g/mol. The summed E-state index contributed by atoms with van der Waals surface area (Å²) in [5.41, 5.74) is -2.77. The van der Waals surface area contributed by atoms with Crippen molar-refractivity contribution < 1.29 is 17.9 Å². The number of fused-ring (bicyclic) bond motifs is 1. The summed E-state index contributed by atoms with van der Waals surface area (Å²) < 4.78 is 43.7. The Labute approximate surface area is 136 Å². The van der Waals surface area contributed by atoms with E-state index >= 15 is 0 Å². The summed E-state index contributed by atoms with van der Waals surface area (Å²) in [5.74, 6) is 0.560. The maximum absolute atomic E-state index is 12.6. The molecule has 0 spiro atoms. The van der Waals surface area contributed by atoms with Gasteiger partial charge in [0.1, 0.15) is 11.4 Å². The molecule has 1 aliphatic rings. The van der Waals surface area contributed by atoms with Gasteiger partial charge in [0, 0.05) is 22.2 Å². The lowest BCUT2D eigenvalue weighted by molar-refractivity contribution is -0.0328. The maximum Gasteiger partial charge on any atom is 0.446 e. The fourth-order valence-corrected chi connectivity index (χ4v) is 3.06. The summed E-state index contributed by atoms with van der Waals surface area (Å²) in [4.78, 5) is 4.44. The highest BCUT2D eigenvalue weighted by Crippen LogP contribution is 2.43. The predicted molar refractivity (Wildman–Crippen MR) is 84.4 cm³/mol. The average Bonchev–Trinajstić information content (AvgIpc) is 2.45. The smallest absolute Gasteiger partial charge is 0.446 e. The molecule has 23 heavy (non-hydrogen) atoms. The third-order valence-electron chi connectivity index (χ3n) is 3.28. The molecule has 0 unspecified atom stereocenters. The number of pyridine rings is 1. The van der Waals surface area contributed by atoms with Crippen LogP contribution in [0.15, 0.2) is 53.6 Å². The van der Waals surface area contributed by atoms with Crippen LogP contribution in [0.1, 0.15) is 25.1 Å². The van der Waals surface area contributed by atoms with Gasteiger partial charge in [-0.25, -0.2) is 0 Å². The summed E-state index contributed by atoms with van der Waals surface area (Å²) in [6.45, 7) is 3.80. The fourth-order valence-electron chi connectivity index (χ4n) is 2.48. The highest BCUT2D eigenvalue weighted by molar-refractivity contribution is 8.00. The van der Waals surface area contributed by atoms with Crippen LogP contribution in [0.2, 0.25) is 0 Å². The Kier molecular flexibility index (Phi) is 3.88. The second-order valence-electron chi connectivity index (χ2n) is 5.68. The van der Waals surface area contributed by atoms with Gasteiger partial charge in [-0.2, -0.15) is 13.2 Å². The molecule has 3 rings (SSSR count). The van der Waals surface area contributed by atoms with Gasteiger partial charge in [-0.3, -0.25) is 4.98 Å². The molecule has 6 heteroatoms. The highest BCUT2D eigenvalue weighted by atomic mass is 32.2. The van der Waals surface area contributed by atoms with Crippen molar-refractivity contribution >= 4 is 17.3 Å². The molecule has 0 N–H and O–H groups in total. The SMILES string of the molecule is CC1(C)C=C(c2ccccn2)c2cc(SC(F)(F)F)ccc2O1. The molecule has 120 valence electrons. The number of ether oxygens (including phenoxy) is 1. The van der Waals surface area contributed by atoms with E-state index in [0.29, 0.717) is 17.0 Å². The van der Waals surface area contributed by atoms with E-state index in [-0.39, 0.29) is 16.7 Å². The van der Waals surface area contributed by atoms with E-state index < -0.39 is 11.1 Å². The number of benzene rings is 1. The van der Waals surface area contributed by atoms with Crippen molar-refractivity contribution in [2.24, 2.45) is 0 Å². The van der Waals surface area contributed by atoms with Crippen LogP contribution in [-0.4, -0.2) is 16.1 Å². The van der Waals surface area contributed by atoms with Crippen molar-refractivity contribution in [1.82, 2.24) is 4.98 Å². The van der Waals surface area contributed by atoms with Crippen LogP contribution < -0.4 is 4.74 Å². The van der Waals surface area contributed by atoms with E-state index in [1.165, 1.54) is 12.1 Å². The minimum atomic E-state index is -4.32. The Balaban J connectivity index is 2.10. The molecule has 1 aliphatic heterocycles. The Morgan fingerprint density at radius 1 is 1.13 bits per heavy atom. The van der Waals surface area contributed by atoms with Crippen LogP contribution >= 0.6 is 11.8 Å². The van der Waals surface area contributed by atoms with Gasteiger partial charge in [0.05, 0.1) is 5.69 Å². The number of hydrogen-bond donors (Lipinski definition) is 0. The molecular weight excluding hydrogens is 323 g/mol. The molecule has 1 aromatic heterocycles. The van der Waals surface area contributed by atoms with Gasteiger partial charge in [0.2, 0.25) is 0 Å². The average molecular weight is 337 g/mol. The van der Waals surface area contributed by atoms with Gasteiger partial charge in [-0.15, -0.1) is 0 Å². The zero-order valence-electron chi connectivity index (χ0n) is 12.5.